The van der Waals surface area contributed by atoms with E-state index in [1.54, 1.807) is 0 Å². The fourth-order valence-electron chi connectivity index (χ4n) is 3.29. The molecule has 2 aliphatic heterocycles. The highest BCUT2D eigenvalue weighted by Gasteiger charge is 2.43. The van der Waals surface area contributed by atoms with E-state index in [-0.39, 0.29) is 19.0 Å². The lowest BCUT2D eigenvalue weighted by atomic mass is 9.92. The Hall–Kier alpha value is -1.23. The average Bonchev–Trinajstić information content (AvgIpc) is 2.46. The SMILES string of the molecule is FC(F)(F)C1CCCN(C2CNc3ccccc3C2)C1. The van der Waals surface area contributed by atoms with Gasteiger partial charge in [0, 0.05) is 24.8 Å². The van der Waals surface area contributed by atoms with Crippen LogP contribution in [0.25, 0.3) is 0 Å². The molecule has 20 heavy (non-hydrogen) atoms. The lowest BCUT2D eigenvalue weighted by Crippen LogP contribution is -2.50. The van der Waals surface area contributed by atoms with Crippen LogP contribution in [0.5, 0.6) is 0 Å². The van der Waals surface area contributed by atoms with E-state index in [9.17, 15) is 13.2 Å². The number of hydrogen-bond donors (Lipinski definition) is 1. The first-order chi connectivity index (χ1) is 9.54. The van der Waals surface area contributed by atoms with E-state index in [1.165, 1.54) is 5.56 Å². The van der Waals surface area contributed by atoms with Gasteiger partial charge in [-0.25, -0.2) is 0 Å². The molecule has 1 saturated heterocycles. The van der Waals surface area contributed by atoms with E-state index in [4.69, 9.17) is 0 Å². The quantitative estimate of drug-likeness (QED) is 0.851. The average molecular weight is 284 g/mol. The molecule has 5 heteroatoms. The third-order valence-electron chi connectivity index (χ3n) is 4.43. The van der Waals surface area contributed by atoms with Crippen molar-refractivity contribution >= 4 is 5.69 Å². The summed E-state index contributed by atoms with van der Waals surface area (Å²) < 4.78 is 38.6. The number of likely N-dealkylation sites (tertiary alicyclic amines) is 1. The van der Waals surface area contributed by atoms with Crippen molar-refractivity contribution in [3.05, 3.63) is 29.8 Å². The van der Waals surface area contributed by atoms with Crippen molar-refractivity contribution in [3.63, 3.8) is 0 Å². The minimum absolute atomic E-state index is 0.151. The molecule has 1 aromatic carbocycles. The smallest absolute Gasteiger partial charge is 0.383 e. The largest absolute Gasteiger partial charge is 0.393 e. The first-order valence-corrected chi connectivity index (χ1v) is 7.16. The van der Waals surface area contributed by atoms with Gasteiger partial charge < -0.3 is 5.32 Å². The van der Waals surface area contributed by atoms with Gasteiger partial charge in [-0.1, -0.05) is 18.2 Å². The molecule has 0 spiro atoms. The monoisotopic (exact) mass is 284 g/mol. The predicted octanol–water partition coefficient (Wildman–Crippen LogP) is 3.30. The molecule has 0 radical (unpaired) electrons. The molecule has 0 aliphatic carbocycles. The van der Waals surface area contributed by atoms with Gasteiger partial charge in [-0.2, -0.15) is 13.2 Å². The molecule has 0 aromatic heterocycles. The lowest BCUT2D eigenvalue weighted by molar-refractivity contribution is -0.188. The van der Waals surface area contributed by atoms with Crippen molar-refractivity contribution in [2.75, 3.05) is 25.0 Å². The maximum atomic E-state index is 12.9. The van der Waals surface area contributed by atoms with Crippen molar-refractivity contribution in [2.24, 2.45) is 5.92 Å². The van der Waals surface area contributed by atoms with Gasteiger partial charge in [0.25, 0.3) is 0 Å². The van der Waals surface area contributed by atoms with Crippen LogP contribution in [-0.2, 0) is 6.42 Å². The van der Waals surface area contributed by atoms with Gasteiger partial charge in [-0.15, -0.1) is 0 Å². The molecular formula is C15H19F3N2. The predicted molar refractivity (Wildman–Crippen MR) is 72.8 cm³/mol. The number of fused-ring (bicyclic) bond motifs is 1. The number of rotatable bonds is 1. The van der Waals surface area contributed by atoms with Crippen molar-refractivity contribution in [2.45, 2.75) is 31.5 Å². The molecular weight excluding hydrogens is 265 g/mol. The number of alkyl halides is 3. The number of nitrogens with zero attached hydrogens (tertiary/aromatic N) is 1. The van der Waals surface area contributed by atoms with Gasteiger partial charge in [0.15, 0.2) is 0 Å². The summed E-state index contributed by atoms with van der Waals surface area (Å²) in [5, 5.41) is 3.34. The molecule has 0 amide bonds. The number of nitrogens with one attached hydrogen (secondary N) is 1. The van der Waals surface area contributed by atoms with Crippen molar-refractivity contribution in [1.82, 2.24) is 4.90 Å². The summed E-state index contributed by atoms with van der Waals surface area (Å²) in [4.78, 5) is 2.02. The van der Waals surface area contributed by atoms with E-state index in [0.29, 0.717) is 6.42 Å². The third-order valence-corrected chi connectivity index (χ3v) is 4.43. The van der Waals surface area contributed by atoms with Crippen LogP contribution in [0.15, 0.2) is 24.3 Å². The summed E-state index contributed by atoms with van der Waals surface area (Å²) in [7, 11) is 0. The third kappa shape index (κ3) is 2.77. The Labute approximate surface area is 117 Å². The Morgan fingerprint density at radius 2 is 2.00 bits per heavy atom. The summed E-state index contributed by atoms with van der Waals surface area (Å²) in [5.41, 5.74) is 2.33. The molecule has 1 N–H and O–H groups in total. The minimum Gasteiger partial charge on any atom is -0.383 e. The van der Waals surface area contributed by atoms with Crippen LogP contribution in [0.1, 0.15) is 18.4 Å². The van der Waals surface area contributed by atoms with E-state index >= 15 is 0 Å². The highest BCUT2D eigenvalue weighted by molar-refractivity contribution is 5.53. The number of piperidine rings is 1. The van der Waals surface area contributed by atoms with Crippen LogP contribution in [0.4, 0.5) is 18.9 Å². The molecule has 2 heterocycles. The molecule has 2 aliphatic rings. The number of halogens is 3. The maximum Gasteiger partial charge on any atom is 0.393 e. The molecule has 3 rings (SSSR count). The van der Waals surface area contributed by atoms with Gasteiger partial charge in [-0.3, -0.25) is 4.90 Å². The zero-order valence-corrected chi connectivity index (χ0v) is 11.3. The molecule has 0 bridgehead atoms. The van der Waals surface area contributed by atoms with Gasteiger partial charge in [0.2, 0.25) is 0 Å². The van der Waals surface area contributed by atoms with Gasteiger partial charge in [-0.05, 0) is 37.4 Å². The van der Waals surface area contributed by atoms with Crippen LogP contribution < -0.4 is 5.32 Å². The Morgan fingerprint density at radius 1 is 1.20 bits per heavy atom. The Bertz CT molecular complexity index is 472. The molecule has 110 valence electrons. The van der Waals surface area contributed by atoms with Crippen LogP contribution >= 0.6 is 0 Å². The van der Waals surface area contributed by atoms with Gasteiger partial charge >= 0.3 is 6.18 Å². The first-order valence-electron chi connectivity index (χ1n) is 7.16. The van der Waals surface area contributed by atoms with Crippen LogP contribution in [-0.4, -0.2) is 36.8 Å². The second-order valence-corrected chi connectivity index (χ2v) is 5.77. The second-order valence-electron chi connectivity index (χ2n) is 5.77. The van der Waals surface area contributed by atoms with E-state index < -0.39 is 12.1 Å². The summed E-state index contributed by atoms with van der Waals surface area (Å²) in [6.07, 6.45) is -2.30. The van der Waals surface area contributed by atoms with E-state index in [0.717, 1.165) is 25.2 Å². The molecule has 1 fully saturated rings. The minimum atomic E-state index is -4.06. The standard InChI is InChI=1S/C15H19F3N2/c16-15(17,18)12-5-3-7-20(10-12)13-8-11-4-1-2-6-14(11)19-9-13/h1-2,4,6,12-13,19H,3,5,7-10H2. The van der Waals surface area contributed by atoms with Gasteiger partial charge in [0.1, 0.15) is 0 Å². The Morgan fingerprint density at radius 3 is 2.80 bits per heavy atom. The number of benzene rings is 1. The molecule has 2 atom stereocenters. The topological polar surface area (TPSA) is 15.3 Å². The zero-order chi connectivity index (χ0) is 14.2. The van der Waals surface area contributed by atoms with Gasteiger partial charge in [0.05, 0.1) is 5.92 Å². The van der Waals surface area contributed by atoms with Crippen molar-refractivity contribution in [1.29, 1.82) is 0 Å². The summed E-state index contributed by atoms with van der Waals surface area (Å²) in [6, 6.07) is 8.22. The van der Waals surface area contributed by atoms with Crippen LogP contribution in [0, 0.1) is 5.92 Å². The fraction of sp³-hybridized carbons (Fsp3) is 0.600. The molecule has 2 nitrogen and oxygen atoms in total. The van der Waals surface area contributed by atoms with E-state index in [2.05, 4.69) is 11.4 Å². The highest BCUT2D eigenvalue weighted by Crippen LogP contribution is 2.34. The van der Waals surface area contributed by atoms with Crippen molar-refractivity contribution in [3.8, 4) is 0 Å². The van der Waals surface area contributed by atoms with E-state index in [1.807, 2.05) is 23.1 Å². The fourth-order valence-corrected chi connectivity index (χ4v) is 3.29. The first kappa shape index (κ1) is 13.7. The summed E-state index contributed by atoms with van der Waals surface area (Å²) >= 11 is 0. The second kappa shape index (κ2) is 5.28. The lowest BCUT2D eigenvalue weighted by Gasteiger charge is -2.41. The Kier molecular flexibility index (Phi) is 3.63. The number of hydrogen-bond acceptors (Lipinski definition) is 2. The van der Waals surface area contributed by atoms with Crippen LogP contribution in [0.3, 0.4) is 0 Å². The summed E-state index contributed by atoms with van der Waals surface area (Å²) in [6.45, 7) is 1.67. The zero-order valence-electron chi connectivity index (χ0n) is 11.3. The molecule has 2 unspecified atom stereocenters. The maximum absolute atomic E-state index is 12.9. The number of anilines is 1. The normalized spacial score (nSPS) is 27.8. The highest BCUT2D eigenvalue weighted by atomic mass is 19.4. The molecule has 0 saturated carbocycles. The number of para-hydroxylation sites is 1. The Balaban J connectivity index is 1.69. The van der Waals surface area contributed by atoms with Crippen molar-refractivity contribution < 1.29 is 13.2 Å². The molecule has 1 aromatic rings. The van der Waals surface area contributed by atoms with Crippen LogP contribution in [0.2, 0.25) is 0 Å². The summed E-state index contributed by atoms with van der Waals surface area (Å²) in [5.74, 6) is -1.16.